The Balaban J connectivity index is 2.79. The first-order valence-corrected chi connectivity index (χ1v) is 8.10. The van der Waals surface area contributed by atoms with E-state index in [2.05, 4.69) is 5.32 Å². The summed E-state index contributed by atoms with van der Waals surface area (Å²) >= 11 is 1.05. The van der Waals surface area contributed by atoms with Gasteiger partial charge in [0.2, 0.25) is 0 Å². The molecule has 0 spiro atoms. The monoisotopic (exact) mass is 312 g/mol. The zero-order valence-electron chi connectivity index (χ0n) is 11.1. The van der Waals surface area contributed by atoms with Gasteiger partial charge in [-0.3, -0.25) is 0 Å². The molecule has 0 atom stereocenters. The summed E-state index contributed by atoms with van der Waals surface area (Å²) in [5, 5.41) is 4.89. The van der Waals surface area contributed by atoms with Crippen LogP contribution in [0.2, 0.25) is 0 Å². The normalized spacial score (nSPS) is 12.8. The van der Waals surface area contributed by atoms with Crippen LogP contribution in [0.4, 0.5) is 8.78 Å². The van der Waals surface area contributed by atoms with E-state index in [1.165, 1.54) is 6.07 Å². The molecule has 0 aliphatic heterocycles. The lowest BCUT2D eigenvalue weighted by Crippen LogP contribution is -2.30. The van der Waals surface area contributed by atoms with Gasteiger partial charge in [-0.2, -0.15) is 4.31 Å². The summed E-state index contributed by atoms with van der Waals surface area (Å²) in [6.45, 7) is 3.74. The van der Waals surface area contributed by atoms with Crippen LogP contribution < -0.4 is 5.32 Å². The van der Waals surface area contributed by atoms with E-state index in [1.807, 2.05) is 13.8 Å². The predicted octanol–water partition coefficient (Wildman–Crippen LogP) is 2.13. The Kier molecular flexibility index (Phi) is 5.84. The van der Waals surface area contributed by atoms with Crippen molar-refractivity contribution < 1.29 is 17.2 Å². The molecule has 0 saturated heterocycles. The van der Waals surface area contributed by atoms with Gasteiger partial charge in [0.1, 0.15) is 4.21 Å². The van der Waals surface area contributed by atoms with Crippen molar-refractivity contribution in [3.63, 3.8) is 0 Å². The minimum Gasteiger partial charge on any atom is -0.310 e. The molecule has 4 nitrogen and oxygen atoms in total. The zero-order valence-corrected chi connectivity index (χ0v) is 12.7. The highest BCUT2D eigenvalue weighted by Gasteiger charge is 2.25. The maximum absolute atomic E-state index is 12.2. The van der Waals surface area contributed by atoms with E-state index in [0.29, 0.717) is 16.9 Å². The zero-order chi connectivity index (χ0) is 14.6. The maximum Gasteiger partial charge on any atom is 0.252 e. The van der Waals surface area contributed by atoms with Gasteiger partial charge in [-0.05, 0) is 17.0 Å². The Morgan fingerprint density at radius 1 is 1.42 bits per heavy atom. The van der Waals surface area contributed by atoms with E-state index < -0.39 is 23.0 Å². The van der Waals surface area contributed by atoms with Gasteiger partial charge in [0.15, 0.2) is 0 Å². The fraction of sp³-hybridized carbons (Fsp3) is 0.636. The lowest BCUT2D eigenvalue weighted by atomic mass is 10.3. The van der Waals surface area contributed by atoms with Gasteiger partial charge in [-0.15, -0.1) is 11.3 Å². The summed E-state index contributed by atoms with van der Waals surface area (Å²) in [6, 6.07) is 1.82. The quantitative estimate of drug-likeness (QED) is 0.839. The minimum atomic E-state index is -3.81. The van der Waals surface area contributed by atoms with Crippen molar-refractivity contribution in [1.82, 2.24) is 9.62 Å². The highest BCUT2D eigenvalue weighted by Crippen LogP contribution is 2.23. The van der Waals surface area contributed by atoms with Gasteiger partial charge < -0.3 is 5.32 Å². The van der Waals surface area contributed by atoms with Crippen LogP contribution in [0.1, 0.15) is 19.4 Å². The van der Waals surface area contributed by atoms with Gasteiger partial charge in [0, 0.05) is 19.6 Å². The van der Waals surface area contributed by atoms with E-state index in [0.717, 1.165) is 23.9 Å². The second-order valence-corrected chi connectivity index (χ2v) is 7.67. The molecule has 1 heterocycles. The number of thiophene rings is 1. The fourth-order valence-corrected chi connectivity index (χ4v) is 3.92. The summed E-state index contributed by atoms with van der Waals surface area (Å²) in [5.41, 5.74) is 0.836. The Hall–Kier alpha value is -0.570. The first-order valence-electron chi connectivity index (χ1n) is 5.78. The molecule has 0 saturated carbocycles. The minimum absolute atomic E-state index is 0.0937. The van der Waals surface area contributed by atoms with Crippen LogP contribution in [0.3, 0.4) is 0 Å². The Morgan fingerprint density at radius 2 is 2.05 bits per heavy atom. The third-order valence-corrected chi connectivity index (χ3v) is 5.69. The first-order chi connectivity index (χ1) is 8.73. The SMILES string of the molecule is CC(C)NCc1csc(S(=O)(=O)N(C)CC(F)F)c1. The molecule has 0 aromatic carbocycles. The van der Waals surface area contributed by atoms with Gasteiger partial charge >= 0.3 is 0 Å². The Bertz CT molecular complexity index is 501. The standard InChI is InChI=1S/C11H18F2N2O2S2/c1-8(2)14-5-9-4-11(18-7-9)19(16,17)15(3)6-10(12)13/h4,7-8,10,14H,5-6H2,1-3H3. The molecule has 19 heavy (non-hydrogen) atoms. The molecular weight excluding hydrogens is 294 g/mol. The molecule has 1 rings (SSSR count). The van der Waals surface area contributed by atoms with Crippen LogP contribution in [-0.2, 0) is 16.6 Å². The number of nitrogens with zero attached hydrogens (tertiary/aromatic N) is 1. The van der Waals surface area contributed by atoms with Crippen LogP contribution in [-0.4, -0.2) is 38.8 Å². The third kappa shape index (κ3) is 4.79. The van der Waals surface area contributed by atoms with Crippen LogP contribution in [0.5, 0.6) is 0 Å². The maximum atomic E-state index is 12.2. The van der Waals surface area contributed by atoms with Crippen molar-refractivity contribution in [2.45, 2.75) is 37.1 Å². The molecule has 110 valence electrons. The average Bonchev–Trinajstić information content (AvgIpc) is 2.74. The Morgan fingerprint density at radius 3 is 2.58 bits per heavy atom. The molecule has 8 heteroatoms. The highest BCUT2D eigenvalue weighted by molar-refractivity contribution is 7.91. The molecule has 0 bridgehead atoms. The fourth-order valence-electron chi connectivity index (χ4n) is 1.35. The number of hydrogen-bond acceptors (Lipinski definition) is 4. The summed E-state index contributed by atoms with van der Waals surface area (Å²) in [4.78, 5) is 0. The van der Waals surface area contributed by atoms with Crippen LogP contribution in [0.25, 0.3) is 0 Å². The van der Waals surface area contributed by atoms with E-state index >= 15 is 0 Å². The van der Waals surface area contributed by atoms with E-state index in [9.17, 15) is 17.2 Å². The van der Waals surface area contributed by atoms with Crippen molar-refractivity contribution in [3.8, 4) is 0 Å². The number of nitrogens with one attached hydrogen (secondary N) is 1. The molecule has 0 amide bonds. The average molecular weight is 312 g/mol. The second kappa shape index (κ2) is 6.74. The van der Waals surface area contributed by atoms with Crippen molar-refractivity contribution in [2.75, 3.05) is 13.6 Å². The van der Waals surface area contributed by atoms with E-state index in [1.54, 1.807) is 5.38 Å². The van der Waals surface area contributed by atoms with E-state index in [-0.39, 0.29) is 4.21 Å². The summed E-state index contributed by atoms with van der Waals surface area (Å²) < 4.78 is 49.2. The lowest BCUT2D eigenvalue weighted by molar-refractivity contribution is 0.126. The topological polar surface area (TPSA) is 49.4 Å². The molecular formula is C11H18F2N2O2S2. The molecule has 0 unspecified atom stereocenters. The summed E-state index contributed by atoms with van der Waals surface area (Å²) in [6.07, 6.45) is -2.68. The van der Waals surface area contributed by atoms with Crippen molar-refractivity contribution in [1.29, 1.82) is 0 Å². The van der Waals surface area contributed by atoms with Crippen LogP contribution in [0, 0.1) is 0 Å². The molecule has 1 N–H and O–H groups in total. The number of rotatable bonds is 7. The highest BCUT2D eigenvalue weighted by atomic mass is 32.2. The van der Waals surface area contributed by atoms with Gasteiger partial charge in [0.25, 0.3) is 16.4 Å². The number of alkyl halides is 2. The summed E-state index contributed by atoms with van der Waals surface area (Å²) in [7, 11) is -2.65. The molecule has 0 aliphatic rings. The predicted molar refractivity (Wildman–Crippen MR) is 72.1 cm³/mol. The number of hydrogen-bond donors (Lipinski definition) is 1. The van der Waals surface area contributed by atoms with E-state index in [4.69, 9.17) is 0 Å². The number of halogens is 2. The molecule has 0 fully saturated rings. The van der Waals surface area contributed by atoms with Gasteiger partial charge in [-0.1, -0.05) is 13.8 Å². The van der Waals surface area contributed by atoms with Gasteiger partial charge in [0.05, 0.1) is 6.54 Å². The molecule has 0 radical (unpaired) electrons. The van der Waals surface area contributed by atoms with Crippen molar-refractivity contribution >= 4 is 21.4 Å². The number of sulfonamides is 1. The van der Waals surface area contributed by atoms with Crippen LogP contribution >= 0.6 is 11.3 Å². The molecule has 1 aromatic rings. The van der Waals surface area contributed by atoms with Gasteiger partial charge in [-0.25, -0.2) is 17.2 Å². The Labute approximate surface area is 116 Å². The lowest BCUT2D eigenvalue weighted by Gasteiger charge is -2.14. The first kappa shape index (κ1) is 16.5. The largest absolute Gasteiger partial charge is 0.310 e. The summed E-state index contributed by atoms with van der Waals surface area (Å²) in [5.74, 6) is 0. The third-order valence-electron chi connectivity index (χ3n) is 2.40. The molecule has 1 aromatic heterocycles. The van der Waals surface area contributed by atoms with Crippen molar-refractivity contribution in [2.24, 2.45) is 0 Å². The van der Waals surface area contributed by atoms with Crippen LogP contribution in [0.15, 0.2) is 15.7 Å². The van der Waals surface area contributed by atoms with Crippen molar-refractivity contribution in [3.05, 3.63) is 17.0 Å². The molecule has 0 aliphatic carbocycles. The smallest absolute Gasteiger partial charge is 0.252 e. The second-order valence-electron chi connectivity index (χ2n) is 4.49.